The zero-order valence-corrected chi connectivity index (χ0v) is 10.6. The van der Waals surface area contributed by atoms with Crippen LogP contribution in [0.1, 0.15) is 46.0 Å². The van der Waals surface area contributed by atoms with Crippen LogP contribution in [0, 0.1) is 0 Å². The second kappa shape index (κ2) is 12.3. The molecule has 16 heavy (non-hydrogen) atoms. The molecule has 96 valence electrons. The van der Waals surface area contributed by atoms with Crippen LogP contribution in [0.3, 0.4) is 0 Å². The lowest BCUT2D eigenvalue weighted by atomic mass is 10.2. The highest BCUT2D eigenvalue weighted by Crippen LogP contribution is 1.98. The predicted octanol–water partition coefficient (Wildman–Crippen LogP) is 2.72. The van der Waals surface area contributed by atoms with Gasteiger partial charge in [0.1, 0.15) is 0 Å². The monoisotopic (exact) mass is 231 g/mol. The minimum absolute atomic E-state index is 0.342. The summed E-state index contributed by atoms with van der Waals surface area (Å²) in [6.45, 7) is 6.56. The van der Waals surface area contributed by atoms with E-state index in [2.05, 4.69) is 12.2 Å². The van der Waals surface area contributed by atoms with E-state index in [-0.39, 0.29) is 6.09 Å². The number of carbonyl (C=O) groups excluding carboxylic acids is 1. The number of unbranched alkanes of at least 4 members (excludes halogenated alkanes) is 3. The molecule has 0 heterocycles. The Morgan fingerprint density at radius 3 is 2.50 bits per heavy atom. The molecular weight excluding hydrogens is 206 g/mol. The van der Waals surface area contributed by atoms with E-state index < -0.39 is 0 Å². The van der Waals surface area contributed by atoms with E-state index in [9.17, 15) is 4.79 Å². The molecule has 0 rings (SSSR count). The standard InChI is InChI=1S/C12H25NO3/c1-3-5-6-7-10-15-11-8-9-13-12(14)16-4-2/h3-11H2,1-2H3,(H,13,14). The summed E-state index contributed by atoms with van der Waals surface area (Å²) in [5, 5.41) is 2.65. The summed E-state index contributed by atoms with van der Waals surface area (Å²) in [6.07, 6.45) is 5.42. The fourth-order valence-electron chi connectivity index (χ4n) is 1.28. The zero-order valence-electron chi connectivity index (χ0n) is 10.6. The zero-order chi connectivity index (χ0) is 12.1. The van der Waals surface area contributed by atoms with E-state index in [0.717, 1.165) is 19.4 Å². The second-order valence-corrected chi connectivity index (χ2v) is 3.67. The summed E-state index contributed by atoms with van der Waals surface area (Å²) >= 11 is 0. The average Bonchev–Trinajstić information content (AvgIpc) is 2.27. The summed E-state index contributed by atoms with van der Waals surface area (Å²) in [5.41, 5.74) is 0. The highest BCUT2D eigenvalue weighted by atomic mass is 16.5. The summed E-state index contributed by atoms with van der Waals surface area (Å²) < 4.78 is 10.2. The molecule has 0 bridgehead atoms. The predicted molar refractivity (Wildman–Crippen MR) is 64.6 cm³/mol. The number of carbonyl (C=O) groups is 1. The van der Waals surface area contributed by atoms with E-state index in [1.807, 2.05) is 0 Å². The van der Waals surface area contributed by atoms with Crippen LogP contribution in [0.15, 0.2) is 0 Å². The van der Waals surface area contributed by atoms with Crippen molar-refractivity contribution in [3.05, 3.63) is 0 Å². The number of amides is 1. The SMILES string of the molecule is CCCCCCOCCCNC(=O)OCC. The van der Waals surface area contributed by atoms with E-state index in [0.29, 0.717) is 19.8 Å². The van der Waals surface area contributed by atoms with Gasteiger partial charge in [0, 0.05) is 19.8 Å². The van der Waals surface area contributed by atoms with Crippen molar-refractivity contribution in [2.45, 2.75) is 46.0 Å². The van der Waals surface area contributed by atoms with Crippen LogP contribution in [0.4, 0.5) is 4.79 Å². The van der Waals surface area contributed by atoms with Gasteiger partial charge in [-0.2, -0.15) is 0 Å². The molecule has 0 aromatic heterocycles. The average molecular weight is 231 g/mol. The van der Waals surface area contributed by atoms with Crippen LogP contribution in [-0.4, -0.2) is 32.5 Å². The molecule has 0 aliphatic rings. The molecule has 0 unspecified atom stereocenters. The maximum atomic E-state index is 10.9. The van der Waals surface area contributed by atoms with Crippen molar-refractivity contribution in [1.29, 1.82) is 0 Å². The molecule has 0 fully saturated rings. The summed E-state index contributed by atoms with van der Waals surface area (Å²) in [6, 6.07) is 0. The number of alkyl carbamates (subject to hydrolysis) is 1. The van der Waals surface area contributed by atoms with Crippen molar-refractivity contribution < 1.29 is 14.3 Å². The Balaban J connectivity index is 3.01. The van der Waals surface area contributed by atoms with Gasteiger partial charge < -0.3 is 14.8 Å². The van der Waals surface area contributed by atoms with Crippen LogP contribution in [0.25, 0.3) is 0 Å². The third-order valence-corrected chi connectivity index (χ3v) is 2.15. The molecule has 0 aliphatic carbocycles. The molecule has 0 saturated heterocycles. The molecule has 1 N–H and O–H groups in total. The first-order valence-electron chi connectivity index (χ1n) is 6.29. The Kier molecular flexibility index (Phi) is 11.7. The number of ether oxygens (including phenoxy) is 2. The van der Waals surface area contributed by atoms with Crippen LogP contribution in [-0.2, 0) is 9.47 Å². The molecule has 4 heteroatoms. The van der Waals surface area contributed by atoms with E-state index in [4.69, 9.17) is 9.47 Å². The topological polar surface area (TPSA) is 47.6 Å². The van der Waals surface area contributed by atoms with Gasteiger partial charge in [0.25, 0.3) is 0 Å². The first-order chi connectivity index (χ1) is 7.81. The molecule has 0 radical (unpaired) electrons. The number of hydrogen-bond acceptors (Lipinski definition) is 3. The maximum absolute atomic E-state index is 10.9. The lowest BCUT2D eigenvalue weighted by Gasteiger charge is -2.06. The first kappa shape index (κ1) is 15.2. The Labute approximate surface area is 98.7 Å². The maximum Gasteiger partial charge on any atom is 0.407 e. The van der Waals surface area contributed by atoms with Gasteiger partial charge in [0.05, 0.1) is 6.61 Å². The molecule has 0 aromatic carbocycles. The molecule has 0 aliphatic heterocycles. The molecule has 0 aromatic rings. The van der Waals surface area contributed by atoms with Crippen molar-refractivity contribution >= 4 is 6.09 Å². The Hall–Kier alpha value is -0.770. The third-order valence-electron chi connectivity index (χ3n) is 2.15. The minimum Gasteiger partial charge on any atom is -0.450 e. The third kappa shape index (κ3) is 11.3. The van der Waals surface area contributed by atoms with Gasteiger partial charge >= 0.3 is 6.09 Å². The lowest BCUT2D eigenvalue weighted by molar-refractivity contribution is 0.124. The fraction of sp³-hybridized carbons (Fsp3) is 0.917. The van der Waals surface area contributed by atoms with E-state index in [1.165, 1.54) is 19.3 Å². The normalized spacial score (nSPS) is 10.1. The first-order valence-corrected chi connectivity index (χ1v) is 6.29. The fourth-order valence-corrected chi connectivity index (χ4v) is 1.28. The van der Waals surface area contributed by atoms with Crippen LogP contribution >= 0.6 is 0 Å². The van der Waals surface area contributed by atoms with Gasteiger partial charge in [-0.05, 0) is 19.8 Å². The van der Waals surface area contributed by atoms with E-state index >= 15 is 0 Å². The highest BCUT2D eigenvalue weighted by Gasteiger charge is 1.97. The van der Waals surface area contributed by atoms with Gasteiger partial charge in [-0.25, -0.2) is 4.79 Å². The number of nitrogens with one attached hydrogen (secondary N) is 1. The number of rotatable bonds is 10. The lowest BCUT2D eigenvalue weighted by Crippen LogP contribution is -2.26. The number of hydrogen-bond donors (Lipinski definition) is 1. The molecular formula is C12H25NO3. The Bertz CT molecular complexity index is 162. The largest absolute Gasteiger partial charge is 0.450 e. The van der Waals surface area contributed by atoms with Crippen molar-refractivity contribution in [2.75, 3.05) is 26.4 Å². The van der Waals surface area contributed by atoms with Gasteiger partial charge in [-0.15, -0.1) is 0 Å². The summed E-state index contributed by atoms with van der Waals surface area (Å²) in [4.78, 5) is 10.9. The van der Waals surface area contributed by atoms with Crippen LogP contribution in [0.2, 0.25) is 0 Å². The van der Waals surface area contributed by atoms with E-state index in [1.54, 1.807) is 6.92 Å². The van der Waals surface area contributed by atoms with Crippen LogP contribution in [0.5, 0.6) is 0 Å². The molecule has 4 nitrogen and oxygen atoms in total. The van der Waals surface area contributed by atoms with Crippen molar-refractivity contribution in [3.63, 3.8) is 0 Å². The van der Waals surface area contributed by atoms with Crippen molar-refractivity contribution in [2.24, 2.45) is 0 Å². The quantitative estimate of drug-likeness (QED) is 0.588. The molecule has 0 atom stereocenters. The second-order valence-electron chi connectivity index (χ2n) is 3.67. The molecule has 0 saturated carbocycles. The molecule has 0 spiro atoms. The van der Waals surface area contributed by atoms with Gasteiger partial charge in [-0.1, -0.05) is 26.2 Å². The Morgan fingerprint density at radius 2 is 1.81 bits per heavy atom. The highest BCUT2D eigenvalue weighted by molar-refractivity contribution is 5.66. The smallest absolute Gasteiger partial charge is 0.407 e. The minimum atomic E-state index is -0.342. The van der Waals surface area contributed by atoms with Gasteiger partial charge in [-0.3, -0.25) is 0 Å². The van der Waals surface area contributed by atoms with Crippen molar-refractivity contribution in [3.8, 4) is 0 Å². The molecule has 1 amide bonds. The van der Waals surface area contributed by atoms with Gasteiger partial charge in [0.15, 0.2) is 0 Å². The Morgan fingerprint density at radius 1 is 1.06 bits per heavy atom. The summed E-state index contributed by atoms with van der Waals surface area (Å²) in [5.74, 6) is 0. The van der Waals surface area contributed by atoms with Gasteiger partial charge in [0.2, 0.25) is 0 Å². The van der Waals surface area contributed by atoms with Crippen molar-refractivity contribution in [1.82, 2.24) is 5.32 Å². The van der Waals surface area contributed by atoms with Crippen LogP contribution < -0.4 is 5.32 Å². The summed E-state index contributed by atoms with van der Waals surface area (Å²) in [7, 11) is 0.